The van der Waals surface area contributed by atoms with E-state index < -0.39 is 5.97 Å². The molecule has 0 aliphatic rings. The molecule has 0 aliphatic carbocycles. The average Bonchev–Trinajstić information content (AvgIpc) is 2.94. The number of nitrogens with one attached hydrogen (secondary N) is 1. The Morgan fingerprint density at radius 1 is 1.24 bits per heavy atom. The molecule has 2 aromatic heterocycles. The molecule has 5 nitrogen and oxygen atoms in total. The van der Waals surface area contributed by atoms with Crippen LogP contribution in [0.4, 0.5) is 0 Å². The standard InChI is InChI=1S/C7H5ClN2O.C7H5ClO2/c8-6-2-4-10(11)7-5(6)1-3-9-7;8-6-3-1-2-5(4-6)7(9)10/h1-4,9H;1-4H,(H,9,10). The van der Waals surface area contributed by atoms with Crippen LogP contribution in [0.2, 0.25) is 10.0 Å². The number of aromatic carboxylic acids is 1. The normalized spacial score (nSPS) is 10.0. The van der Waals surface area contributed by atoms with E-state index in [1.54, 1.807) is 30.5 Å². The summed E-state index contributed by atoms with van der Waals surface area (Å²) >= 11 is 11.3. The Bertz CT molecular complexity index is 751. The van der Waals surface area contributed by atoms with E-state index in [2.05, 4.69) is 4.98 Å². The van der Waals surface area contributed by atoms with Crippen LogP contribution in [0.5, 0.6) is 0 Å². The Hall–Kier alpha value is -2.24. The number of carboxylic acid groups (broad SMARTS) is 1. The van der Waals surface area contributed by atoms with Gasteiger partial charge in [0.1, 0.15) is 0 Å². The maximum absolute atomic E-state index is 11.0. The smallest absolute Gasteiger partial charge is 0.335 e. The van der Waals surface area contributed by atoms with Crippen LogP contribution in [0.15, 0.2) is 48.8 Å². The van der Waals surface area contributed by atoms with Gasteiger partial charge < -0.3 is 10.3 Å². The number of hydrogen-bond acceptors (Lipinski definition) is 2. The van der Waals surface area contributed by atoms with E-state index in [1.165, 1.54) is 18.3 Å². The van der Waals surface area contributed by atoms with Crippen molar-refractivity contribution in [1.29, 1.82) is 0 Å². The van der Waals surface area contributed by atoms with Gasteiger partial charge in [-0.05, 0) is 30.3 Å². The molecule has 2 N–H and O–H groups in total. The summed E-state index contributed by atoms with van der Waals surface area (Å²) in [6, 6.07) is 9.48. The van der Waals surface area contributed by atoms with Crippen molar-refractivity contribution >= 4 is 40.2 Å². The highest BCUT2D eigenvalue weighted by atomic mass is 35.5. The molecule has 2 heterocycles. The number of rotatable bonds is 1. The fraction of sp³-hybridized carbons (Fsp3) is 0. The van der Waals surface area contributed by atoms with E-state index in [9.17, 15) is 10.0 Å². The summed E-state index contributed by atoms with van der Waals surface area (Å²) in [4.78, 5) is 13.1. The Balaban J connectivity index is 0.000000155. The molecule has 21 heavy (non-hydrogen) atoms. The van der Waals surface area contributed by atoms with Crippen molar-refractivity contribution in [3.8, 4) is 0 Å². The van der Waals surface area contributed by atoms with Gasteiger partial charge in [0.2, 0.25) is 0 Å². The molecule has 0 unspecified atom stereocenters. The predicted octanol–water partition coefficient (Wildman–Crippen LogP) is 3.49. The average molecular weight is 325 g/mol. The highest BCUT2D eigenvalue weighted by Gasteiger charge is 2.05. The first-order chi connectivity index (χ1) is 9.99. The lowest BCUT2D eigenvalue weighted by atomic mass is 10.2. The van der Waals surface area contributed by atoms with Gasteiger partial charge in [0.15, 0.2) is 0 Å². The van der Waals surface area contributed by atoms with E-state index in [1.807, 2.05) is 0 Å². The molecule has 0 radical (unpaired) electrons. The van der Waals surface area contributed by atoms with Gasteiger partial charge >= 0.3 is 5.97 Å². The first-order valence-corrected chi connectivity index (χ1v) is 6.58. The quantitative estimate of drug-likeness (QED) is 0.531. The second kappa shape index (κ2) is 6.47. The zero-order valence-corrected chi connectivity index (χ0v) is 12.1. The van der Waals surface area contributed by atoms with Crippen molar-refractivity contribution < 1.29 is 14.6 Å². The highest BCUT2D eigenvalue weighted by molar-refractivity contribution is 6.35. The minimum absolute atomic E-state index is 0.215. The molecule has 0 amide bonds. The zero-order chi connectivity index (χ0) is 15.4. The lowest BCUT2D eigenvalue weighted by molar-refractivity contribution is -0.579. The summed E-state index contributed by atoms with van der Waals surface area (Å²) in [5.74, 6) is -0.956. The largest absolute Gasteiger partial charge is 0.711 e. The first kappa shape index (κ1) is 15.2. The summed E-state index contributed by atoms with van der Waals surface area (Å²) in [6.07, 6.45) is 3.06. The molecule has 0 fully saturated rings. The number of carbonyl (C=O) groups is 1. The topological polar surface area (TPSA) is 80.0 Å². The fourth-order valence-corrected chi connectivity index (χ4v) is 2.05. The Morgan fingerprint density at radius 3 is 2.57 bits per heavy atom. The van der Waals surface area contributed by atoms with Crippen LogP contribution in [0.1, 0.15) is 10.4 Å². The third-order valence-electron chi connectivity index (χ3n) is 2.63. The summed E-state index contributed by atoms with van der Waals surface area (Å²) in [5, 5.41) is 21.3. The third-order valence-corrected chi connectivity index (χ3v) is 3.20. The van der Waals surface area contributed by atoms with E-state index >= 15 is 0 Å². The van der Waals surface area contributed by atoms with Gasteiger partial charge in [0.25, 0.3) is 5.65 Å². The van der Waals surface area contributed by atoms with E-state index in [0.29, 0.717) is 15.7 Å². The summed E-state index contributed by atoms with van der Waals surface area (Å²) < 4.78 is 0.751. The van der Waals surface area contributed by atoms with Crippen LogP contribution in [0, 0.1) is 5.21 Å². The minimum Gasteiger partial charge on any atom is -0.711 e. The maximum atomic E-state index is 11.0. The van der Waals surface area contributed by atoms with E-state index in [0.717, 1.165) is 10.1 Å². The van der Waals surface area contributed by atoms with Crippen LogP contribution in [0.3, 0.4) is 0 Å². The Labute approximate surface area is 129 Å². The molecule has 1 aromatic carbocycles. The molecule has 3 rings (SSSR count). The molecule has 108 valence electrons. The van der Waals surface area contributed by atoms with Crippen molar-refractivity contribution in [3.05, 3.63) is 69.6 Å². The van der Waals surface area contributed by atoms with Gasteiger partial charge in [-0.2, -0.15) is 0 Å². The molecule has 3 aromatic rings. The molecule has 7 heteroatoms. The number of hydrogen-bond donors (Lipinski definition) is 2. The second-order valence-corrected chi connectivity index (χ2v) is 4.89. The summed E-state index contributed by atoms with van der Waals surface area (Å²) in [5.41, 5.74) is 0.713. The number of fused-ring (bicyclic) bond motifs is 1. The van der Waals surface area contributed by atoms with Crippen LogP contribution in [-0.2, 0) is 0 Å². The maximum Gasteiger partial charge on any atom is 0.335 e. The van der Waals surface area contributed by atoms with Crippen LogP contribution in [-0.4, -0.2) is 16.1 Å². The van der Waals surface area contributed by atoms with Crippen LogP contribution < -0.4 is 4.73 Å². The minimum atomic E-state index is -0.956. The molecular weight excluding hydrogens is 315 g/mol. The van der Waals surface area contributed by atoms with Crippen molar-refractivity contribution in [2.45, 2.75) is 0 Å². The third kappa shape index (κ3) is 3.65. The van der Waals surface area contributed by atoms with Gasteiger partial charge in [-0.15, -0.1) is 0 Å². The van der Waals surface area contributed by atoms with Crippen molar-refractivity contribution in [2.75, 3.05) is 0 Å². The number of aromatic nitrogens is 2. The number of carboxylic acids is 1. The number of aromatic amines is 1. The van der Waals surface area contributed by atoms with Crippen molar-refractivity contribution in [3.63, 3.8) is 0 Å². The number of nitrogens with zero attached hydrogens (tertiary/aromatic N) is 1. The molecule has 0 saturated heterocycles. The van der Waals surface area contributed by atoms with Gasteiger partial charge in [-0.25, -0.2) is 14.5 Å². The molecule has 0 spiro atoms. The van der Waals surface area contributed by atoms with Gasteiger partial charge in [0.05, 0.1) is 28.4 Å². The number of halogens is 2. The molecular formula is C14H10Cl2N2O3. The molecule has 0 saturated carbocycles. The lowest BCUT2D eigenvalue weighted by Gasteiger charge is -2.01. The molecule has 0 atom stereocenters. The molecule has 0 bridgehead atoms. The lowest BCUT2D eigenvalue weighted by Crippen LogP contribution is -2.26. The highest BCUT2D eigenvalue weighted by Crippen LogP contribution is 2.18. The molecule has 0 aliphatic heterocycles. The number of H-pyrrole nitrogens is 1. The number of pyridine rings is 1. The first-order valence-electron chi connectivity index (χ1n) is 5.82. The van der Waals surface area contributed by atoms with E-state index in [4.69, 9.17) is 28.3 Å². The van der Waals surface area contributed by atoms with Gasteiger partial charge in [-0.3, -0.25) is 0 Å². The van der Waals surface area contributed by atoms with E-state index in [-0.39, 0.29) is 5.56 Å². The monoisotopic (exact) mass is 324 g/mol. The SMILES string of the molecule is O=C(O)c1cccc(Cl)c1.[O-][n+]1ccc(Cl)c2cc[nH]c21. The van der Waals surface area contributed by atoms with Crippen LogP contribution >= 0.6 is 23.2 Å². The van der Waals surface area contributed by atoms with Crippen LogP contribution in [0.25, 0.3) is 11.0 Å². The Morgan fingerprint density at radius 2 is 2.00 bits per heavy atom. The second-order valence-electron chi connectivity index (χ2n) is 4.04. The zero-order valence-electron chi connectivity index (χ0n) is 10.6. The van der Waals surface area contributed by atoms with Crippen molar-refractivity contribution in [1.82, 2.24) is 4.98 Å². The van der Waals surface area contributed by atoms with Gasteiger partial charge in [-0.1, -0.05) is 29.3 Å². The Kier molecular flexibility index (Phi) is 4.67. The van der Waals surface area contributed by atoms with Crippen molar-refractivity contribution in [2.24, 2.45) is 0 Å². The van der Waals surface area contributed by atoms with Gasteiger partial charge in [0, 0.05) is 5.02 Å². The summed E-state index contributed by atoms with van der Waals surface area (Å²) in [6.45, 7) is 0. The number of benzene rings is 1. The predicted molar refractivity (Wildman–Crippen MR) is 80.7 cm³/mol. The summed E-state index contributed by atoms with van der Waals surface area (Å²) in [7, 11) is 0. The fourth-order valence-electron chi connectivity index (χ4n) is 1.65.